The topological polar surface area (TPSA) is 21.3 Å². The van der Waals surface area contributed by atoms with Crippen molar-refractivity contribution < 1.29 is 4.74 Å². The Hall–Kier alpha value is -1.80. The maximum Gasteiger partial charge on any atom is 0.124 e. The van der Waals surface area contributed by atoms with Crippen LogP contribution in [0.15, 0.2) is 54.6 Å². The summed E-state index contributed by atoms with van der Waals surface area (Å²) in [5, 5.41) is 3.72. The molecule has 0 bridgehead atoms. The molecular weight excluding hydrogens is 258 g/mol. The molecule has 0 saturated carbocycles. The van der Waals surface area contributed by atoms with Crippen molar-refractivity contribution in [2.75, 3.05) is 13.2 Å². The summed E-state index contributed by atoms with van der Waals surface area (Å²) in [5.74, 6) is 1.55. The fourth-order valence-corrected chi connectivity index (χ4v) is 3.00. The van der Waals surface area contributed by atoms with Crippen molar-refractivity contribution in [3.05, 3.63) is 65.7 Å². The molecule has 0 aliphatic carbocycles. The van der Waals surface area contributed by atoms with Gasteiger partial charge in [0.15, 0.2) is 0 Å². The van der Waals surface area contributed by atoms with Crippen molar-refractivity contribution >= 4 is 0 Å². The van der Waals surface area contributed by atoms with E-state index in [1.165, 1.54) is 11.1 Å². The molecule has 0 amide bonds. The molecule has 2 aromatic carbocycles. The van der Waals surface area contributed by atoms with Crippen molar-refractivity contribution in [1.29, 1.82) is 0 Å². The first-order valence-electron chi connectivity index (χ1n) is 7.83. The van der Waals surface area contributed by atoms with E-state index in [4.69, 9.17) is 4.74 Å². The van der Waals surface area contributed by atoms with Crippen LogP contribution in [0.4, 0.5) is 0 Å². The predicted molar refractivity (Wildman–Crippen MR) is 86.6 cm³/mol. The first-order valence-corrected chi connectivity index (χ1v) is 7.83. The lowest BCUT2D eigenvalue weighted by Crippen LogP contribution is -2.34. The minimum atomic E-state index is 0.408. The van der Waals surface area contributed by atoms with Crippen LogP contribution in [0, 0.1) is 5.92 Å². The molecule has 2 aromatic rings. The molecule has 0 aromatic heterocycles. The fraction of sp³-hybridized carbons (Fsp3) is 0.368. The maximum atomic E-state index is 5.80. The van der Waals surface area contributed by atoms with Gasteiger partial charge in [-0.05, 0) is 31.0 Å². The van der Waals surface area contributed by atoms with E-state index in [1.807, 2.05) is 6.07 Å². The molecule has 110 valence electrons. The molecule has 1 aliphatic rings. The lowest BCUT2D eigenvalue weighted by Gasteiger charge is -2.32. The SMILES string of the molecule is CC1COc2ccccc2C1NCCCc1ccccc1. The Labute approximate surface area is 127 Å². The second-order valence-corrected chi connectivity index (χ2v) is 5.85. The molecule has 1 aliphatic heterocycles. The van der Waals surface area contributed by atoms with Crippen LogP contribution in [0.25, 0.3) is 0 Å². The number of nitrogens with one attached hydrogen (secondary N) is 1. The summed E-state index contributed by atoms with van der Waals surface area (Å²) in [6, 6.07) is 19.5. The van der Waals surface area contributed by atoms with E-state index in [0.29, 0.717) is 12.0 Å². The molecule has 2 nitrogen and oxygen atoms in total. The predicted octanol–water partition coefficient (Wildman–Crippen LogP) is 3.98. The molecule has 2 unspecified atom stereocenters. The van der Waals surface area contributed by atoms with Gasteiger partial charge in [0.1, 0.15) is 5.75 Å². The normalized spacial score (nSPS) is 20.6. The molecule has 0 radical (unpaired) electrons. The highest BCUT2D eigenvalue weighted by Gasteiger charge is 2.26. The summed E-state index contributed by atoms with van der Waals surface area (Å²) in [5.41, 5.74) is 2.72. The Bertz CT molecular complexity index is 567. The molecule has 2 heteroatoms. The summed E-state index contributed by atoms with van der Waals surface area (Å²) in [6.45, 7) is 4.09. The molecule has 21 heavy (non-hydrogen) atoms. The molecular formula is C19H23NO. The van der Waals surface area contributed by atoms with E-state index >= 15 is 0 Å². The van der Waals surface area contributed by atoms with E-state index in [2.05, 4.69) is 60.8 Å². The quantitative estimate of drug-likeness (QED) is 0.837. The zero-order valence-electron chi connectivity index (χ0n) is 12.6. The molecule has 0 spiro atoms. The Morgan fingerprint density at radius 3 is 2.67 bits per heavy atom. The van der Waals surface area contributed by atoms with Gasteiger partial charge in [0.05, 0.1) is 6.61 Å². The first-order chi connectivity index (χ1) is 10.3. The van der Waals surface area contributed by atoms with Gasteiger partial charge in [0.25, 0.3) is 0 Å². The summed E-state index contributed by atoms with van der Waals surface area (Å²) in [4.78, 5) is 0. The lowest BCUT2D eigenvalue weighted by atomic mass is 9.92. The third-order valence-electron chi connectivity index (χ3n) is 4.17. The Morgan fingerprint density at radius 1 is 1.05 bits per heavy atom. The molecule has 3 rings (SSSR count). The van der Waals surface area contributed by atoms with Crippen LogP contribution in [0.2, 0.25) is 0 Å². The number of hydrogen-bond acceptors (Lipinski definition) is 2. The van der Waals surface area contributed by atoms with Crippen LogP contribution < -0.4 is 10.1 Å². The van der Waals surface area contributed by atoms with E-state index in [1.54, 1.807) is 0 Å². The largest absolute Gasteiger partial charge is 0.493 e. The van der Waals surface area contributed by atoms with Gasteiger partial charge in [0, 0.05) is 17.5 Å². The number of aryl methyl sites for hydroxylation is 1. The smallest absolute Gasteiger partial charge is 0.124 e. The monoisotopic (exact) mass is 281 g/mol. The van der Waals surface area contributed by atoms with Gasteiger partial charge in [-0.2, -0.15) is 0 Å². The Morgan fingerprint density at radius 2 is 1.81 bits per heavy atom. The van der Waals surface area contributed by atoms with E-state index in [9.17, 15) is 0 Å². The first kappa shape index (κ1) is 14.2. The van der Waals surface area contributed by atoms with Gasteiger partial charge < -0.3 is 10.1 Å². The lowest BCUT2D eigenvalue weighted by molar-refractivity contribution is 0.188. The minimum Gasteiger partial charge on any atom is -0.493 e. The molecule has 0 fully saturated rings. The van der Waals surface area contributed by atoms with Crippen molar-refractivity contribution in [2.24, 2.45) is 5.92 Å². The van der Waals surface area contributed by atoms with E-state index < -0.39 is 0 Å². The van der Waals surface area contributed by atoms with Gasteiger partial charge in [-0.3, -0.25) is 0 Å². The van der Waals surface area contributed by atoms with Crippen molar-refractivity contribution in [3.63, 3.8) is 0 Å². The highest BCUT2D eigenvalue weighted by Crippen LogP contribution is 2.34. The maximum absolute atomic E-state index is 5.80. The van der Waals surface area contributed by atoms with Crippen molar-refractivity contribution in [2.45, 2.75) is 25.8 Å². The average Bonchev–Trinajstić information content (AvgIpc) is 2.54. The summed E-state index contributed by atoms with van der Waals surface area (Å²) >= 11 is 0. The highest BCUT2D eigenvalue weighted by atomic mass is 16.5. The summed E-state index contributed by atoms with van der Waals surface area (Å²) in [7, 11) is 0. The highest BCUT2D eigenvalue weighted by molar-refractivity contribution is 5.37. The number of rotatable bonds is 5. The number of benzene rings is 2. The van der Waals surface area contributed by atoms with E-state index in [0.717, 1.165) is 31.7 Å². The number of fused-ring (bicyclic) bond motifs is 1. The van der Waals surface area contributed by atoms with Gasteiger partial charge in [-0.25, -0.2) is 0 Å². The van der Waals surface area contributed by atoms with Crippen molar-refractivity contribution in [1.82, 2.24) is 5.32 Å². The minimum absolute atomic E-state index is 0.408. The number of hydrogen-bond donors (Lipinski definition) is 1. The van der Waals surface area contributed by atoms with Gasteiger partial charge in [-0.1, -0.05) is 55.5 Å². The fourth-order valence-electron chi connectivity index (χ4n) is 3.00. The van der Waals surface area contributed by atoms with Crippen LogP contribution in [0.3, 0.4) is 0 Å². The summed E-state index contributed by atoms with van der Waals surface area (Å²) in [6.07, 6.45) is 2.29. The molecule has 1 N–H and O–H groups in total. The van der Waals surface area contributed by atoms with Gasteiger partial charge in [-0.15, -0.1) is 0 Å². The molecule has 2 atom stereocenters. The van der Waals surface area contributed by atoms with E-state index in [-0.39, 0.29) is 0 Å². The average molecular weight is 281 g/mol. The van der Waals surface area contributed by atoms with Crippen LogP contribution in [0.5, 0.6) is 5.75 Å². The third-order valence-corrected chi connectivity index (χ3v) is 4.17. The molecule has 0 saturated heterocycles. The Balaban J connectivity index is 1.55. The van der Waals surface area contributed by atoms with Gasteiger partial charge >= 0.3 is 0 Å². The number of ether oxygens (including phenoxy) is 1. The second-order valence-electron chi connectivity index (χ2n) is 5.85. The zero-order valence-corrected chi connectivity index (χ0v) is 12.6. The van der Waals surface area contributed by atoms with Gasteiger partial charge in [0.2, 0.25) is 0 Å². The molecule has 1 heterocycles. The van der Waals surface area contributed by atoms with Crippen LogP contribution >= 0.6 is 0 Å². The number of para-hydroxylation sites is 1. The second kappa shape index (κ2) is 6.77. The van der Waals surface area contributed by atoms with Crippen LogP contribution in [0.1, 0.15) is 30.5 Å². The van der Waals surface area contributed by atoms with Crippen molar-refractivity contribution in [3.8, 4) is 5.75 Å². The van der Waals surface area contributed by atoms with Crippen LogP contribution in [-0.2, 0) is 6.42 Å². The standard InChI is InChI=1S/C19H23NO/c1-15-14-21-18-12-6-5-11-17(18)19(15)20-13-7-10-16-8-3-2-4-9-16/h2-6,8-9,11-12,15,19-20H,7,10,13-14H2,1H3. The Kier molecular flexibility index (Phi) is 4.56. The summed E-state index contributed by atoms with van der Waals surface area (Å²) < 4.78 is 5.80. The third kappa shape index (κ3) is 3.45. The zero-order chi connectivity index (χ0) is 14.5. The van der Waals surface area contributed by atoms with Crippen LogP contribution in [-0.4, -0.2) is 13.2 Å².